The summed E-state index contributed by atoms with van der Waals surface area (Å²) in [5.41, 5.74) is 0.898. The van der Waals surface area contributed by atoms with Crippen molar-refractivity contribution in [1.82, 2.24) is 19.6 Å². The molecule has 2 aromatic rings. The summed E-state index contributed by atoms with van der Waals surface area (Å²) >= 11 is 11.7. The molecule has 3 rings (SSSR count). The van der Waals surface area contributed by atoms with Crippen LogP contribution in [0.1, 0.15) is 5.56 Å². The molecule has 5 nitrogen and oxygen atoms in total. The topological polar surface area (TPSA) is 41.4 Å². The van der Waals surface area contributed by atoms with Gasteiger partial charge in [-0.05, 0) is 5.56 Å². The van der Waals surface area contributed by atoms with Crippen molar-refractivity contribution in [3.63, 3.8) is 0 Å². The average molecular weight is 466 g/mol. The lowest BCUT2D eigenvalue weighted by Gasteiger charge is -2.34. The number of aromatic nitrogens is 2. The molecule has 1 aliphatic heterocycles. The molecule has 2 heterocycles. The van der Waals surface area contributed by atoms with Crippen molar-refractivity contribution < 1.29 is 0 Å². The number of nitrogens with zero attached hydrogens (tertiary/aromatic N) is 4. The molecule has 0 bridgehead atoms. The van der Waals surface area contributed by atoms with Crippen LogP contribution in [0.2, 0.25) is 10.0 Å². The molecule has 1 aromatic heterocycles. The Labute approximate surface area is 187 Å². The van der Waals surface area contributed by atoms with E-state index in [1.807, 2.05) is 18.2 Å². The van der Waals surface area contributed by atoms with Crippen LogP contribution in [0.3, 0.4) is 0 Å². The number of piperazine rings is 1. The standard InChI is InChI=1S/C19H22Cl2N4O.2ClH/c20-17-15-22-25(19(26)18(17)21)14-13-24-11-9-23(10-12-24)8-4-7-16-5-2-1-3-6-16;;/h1-7,15H,8-14H2;2*1H/b7-4+;;. The zero-order valence-corrected chi connectivity index (χ0v) is 18.5. The molecule has 1 aliphatic rings. The van der Waals surface area contributed by atoms with Gasteiger partial charge in [-0.1, -0.05) is 65.7 Å². The Kier molecular flexibility index (Phi) is 11.1. The summed E-state index contributed by atoms with van der Waals surface area (Å²) in [6.45, 7) is 6.24. The Balaban J connectivity index is 0.00000196. The normalized spacial score (nSPS) is 15.2. The van der Waals surface area contributed by atoms with Gasteiger partial charge < -0.3 is 0 Å². The molecule has 28 heavy (non-hydrogen) atoms. The highest BCUT2D eigenvalue weighted by Gasteiger charge is 2.16. The number of hydrogen-bond acceptors (Lipinski definition) is 4. The molecular weight excluding hydrogens is 442 g/mol. The van der Waals surface area contributed by atoms with Crippen molar-refractivity contribution in [2.45, 2.75) is 6.54 Å². The lowest BCUT2D eigenvalue weighted by molar-refractivity contribution is 0.137. The van der Waals surface area contributed by atoms with Gasteiger partial charge >= 0.3 is 0 Å². The van der Waals surface area contributed by atoms with Gasteiger partial charge in [-0.15, -0.1) is 24.8 Å². The van der Waals surface area contributed by atoms with Gasteiger partial charge in [0.2, 0.25) is 0 Å². The first kappa shape index (κ1) is 25.0. The predicted octanol–water partition coefficient (Wildman–Crippen LogP) is 3.72. The second-order valence-corrected chi connectivity index (χ2v) is 7.08. The van der Waals surface area contributed by atoms with Crippen molar-refractivity contribution >= 4 is 54.1 Å². The first-order valence-electron chi connectivity index (χ1n) is 8.71. The Morgan fingerprint density at radius 1 is 0.964 bits per heavy atom. The molecule has 1 saturated heterocycles. The Morgan fingerprint density at radius 3 is 2.29 bits per heavy atom. The monoisotopic (exact) mass is 464 g/mol. The average Bonchev–Trinajstić information content (AvgIpc) is 2.67. The van der Waals surface area contributed by atoms with E-state index in [1.54, 1.807) is 0 Å². The number of halogens is 4. The predicted molar refractivity (Wildman–Crippen MR) is 121 cm³/mol. The van der Waals surface area contributed by atoms with Gasteiger partial charge in [0.15, 0.2) is 0 Å². The van der Waals surface area contributed by atoms with Gasteiger partial charge in [0.1, 0.15) is 5.02 Å². The van der Waals surface area contributed by atoms with Crippen LogP contribution < -0.4 is 5.56 Å². The van der Waals surface area contributed by atoms with E-state index in [0.717, 1.165) is 39.3 Å². The summed E-state index contributed by atoms with van der Waals surface area (Å²) in [5.74, 6) is 0. The number of benzene rings is 1. The molecule has 0 spiro atoms. The fourth-order valence-corrected chi connectivity index (χ4v) is 3.21. The molecule has 0 saturated carbocycles. The van der Waals surface area contributed by atoms with E-state index in [0.29, 0.717) is 6.54 Å². The number of rotatable bonds is 6. The Morgan fingerprint density at radius 2 is 1.61 bits per heavy atom. The third-order valence-corrected chi connectivity index (χ3v) is 5.26. The summed E-state index contributed by atoms with van der Waals surface area (Å²) in [7, 11) is 0. The third kappa shape index (κ3) is 7.07. The van der Waals surface area contributed by atoms with Gasteiger partial charge in [-0.25, -0.2) is 4.68 Å². The minimum Gasteiger partial charge on any atom is -0.299 e. The van der Waals surface area contributed by atoms with Crippen LogP contribution in [0.25, 0.3) is 6.08 Å². The molecule has 0 radical (unpaired) electrons. The summed E-state index contributed by atoms with van der Waals surface area (Å²) in [5, 5.41) is 4.29. The molecule has 9 heteroatoms. The highest BCUT2D eigenvalue weighted by atomic mass is 35.5. The molecule has 0 unspecified atom stereocenters. The van der Waals surface area contributed by atoms with E-state index in [-0.39, 0.29) is 40.4 Å². The Hall–Kier alpha value is -1.08. The summed E-state index contributed by atoms with van der Waals surface area (Å²) in [6.07, 6.45) is 5.79. The zero-order chi connectivity index (χ0) is 18.4. The van der Waals surface area contributed by atoms with Crippen LogP contribution in [0.4, 0.5) is 0 Å². The molecule has 0 atom stereocenters. The first-order chi connectivity index (χ1) is 12.6. The van der Waals surface area contributed by atoms with E-state index < -0.39 is 0 Å². The van der Waals surface area contributed by atoms with E-state index in [1.165, 1.54) is 16.4 Å². The fourth-order valence-electron chi connectivity index (χ4n) is 2.94. The molecule has 154 valence electrons. The summed E-state index contributed by atoms with van der Waals surface area (Å²) in [6, 6.07) is 10.3. The van der Waals surface area contributed by atoms with Crippen molar-refractivity contribution in [1.29, 1.82) is 0 Å². The third-order valence-electron chi connectivity index (χ3n) is 4.51. The maximum atomic E-state index is 12.0. The molecule has 0 amide bonds. The second kappa shape index (κ2) is 12.5. The van der Waals surface area contributed by atoms with Crippen molar-refractivity contribution in [2.24, 2.45) is 0 Å². The van der Waals surface area contributed by atoms with Crippen molar-refractivity contribution in [2.75, 3.05) is 39.3 Å². The SMILES string of the molecule is Cl.Cl.O=c1c(Cl)c(Cl)cnn1CCN1CCN(C/C=C/c2ccccc2)CC1. The van der Waals surface area contributed by atoms with Crippen LogP contribution >= 0.6 is 48.0 Å². The van der Waals surface area contributed by atoms with E-state index in [4.69, 9.17) is 23.2 Å². The van der Waals surface area contributed by atoms with Crippen LogP contribution in [-0.4, -0.2) is 58.8 Å². The van der Waals surface area contributed by atoms with Crippen LogP contribution in [-0.2, 0) is 6.54 Å². The first-order valence-corrected chi connectivity index (χ1v) is 9.46. The van der Waals surface area contributed by atoms with Gasteiger partial charge in [-0.3, -0.25) is 14.6 Å². The molecule has 1 aromatic carbocycles. The maximum absolute atomic E-state index is 12.0. The molecule has 1 fully saturated rings. The summed E-state index contributed by atoms with van der Waals surface area (Å²) < 4.78 is 1.38. The molecule has 0 aliphatic carbocycles. The largest absolute Gasteiger partial charge is 0.299 e. The summed E-state index contributed by atoms with van der Waals surface area (Å²) in [4.78, 5) is 16.8. The highest BCUT2D eigenvalue weighted by Crippen LogP contribution is 2.14. The smallest absolute Gasteiger partial charge is 0.287 e. The second-order valence-electron chi connectivity index (χ2n) is 6.29. The van der Waals surface area contributed by atoms with Gasteiger partial charge in [0, 0.05) is 39.3 Å². The minimum atomic E-state index is -0.330. The van der Waals surface area contributed by atoms with Crippen LogP contribution in [0, 0.1) is 0 Å². The minimum absolute atomic E-state index is 0. The lowest BCUT2D eigenvalue weighted by atomic mass is 10.2. The van der Waals surface area contributed by atoms with Crippen molar-refractivity contribution in [3.05, 3.63) is 68.6 Å². The Bertz CT molecular complexity index is 805. The number of hydrogen-bond donors (Lipinski definition) is 0. The fraction of sp³-hybridized carbons (Fsp3) is 0.368. The zero-order valence-electron chi connectivity index (χ0n) is 15.3. The molecule has 0 N–H and O–H groups in total. The van der Waals surface area contributed by atoms with Crippen LogP contribution in [0.15, 0.2) is 47.4 Å². The van der Waals surface area contributed by atoms with E-state index in [9.17, 15) is 4.79 Å². The molecular formula is C19H24Cl4N4O. The van der Waals surface area contributed by atoms with Crippen molar-refractivity contribution in [3.8, 4) is 0 Å². The highest BCUT2D eigenvalue weighted by molar-refractivity contribution is 6.41. The van der Waals surface area contributed by atoms with Gasteiger partial charge in [0.05, 0.1) is 17.8 Å². The quantitative estimate of drug-likeness (QED) is 0.651. The maximum Gasteiger partial charge on any atom is 0.287 e. The van der Waals surface area contributed by atoms with E-state index >= 15 is 0 Å². The van der Waals surface area contributed by atoms with Gasteiger partial charge in [-0.2, -0.15) is 5.10 Å². The lowest BCUT2D eigenvalue weighted by Crippen LogP contribution is -2.47. The van der Waals surface area contributed by atoms with Crippen LogP contribution in [0.5, 0.6) is 0 Å². The van der Waals surface area contributed by atoms with Gasteiger partial charge in [0.25, 0.3) is 5.56 Å². The van der Waals surface area contributed by atoms with E-state index in [2.05, 4.69) is 39.2 Å².